The highest BCUT2D eigenvalue weighted by molar-refractivity contribution is 9.11. The number of halogens is 1. The number of amides is 1. The second-order valence-electron chi connectivity index (χ2n) is 4.05. The highest BCUT2D eigenvalue weighted by Gasteiger charge is 2.16. The van der Waals surface area contributed by atoms with E-state index < -0.39 is 0 Å². The van der Waals surface area contributed by atoms with E-state index in [1.54, 1.807) is 6.33 Å². The molecular weight excluding hydrogens is 294 g/mol. The molecule has 0 bridgehead atoms. The molecule has 94 valence electrons. The minimum atomic E-state index is -0.302. The molecule has 1 heterocycles. The lowest BCUT2D eigenvalue weighted by Gasteiger charge is -2.14. The Balaban J connectivity index is 2.20. The predicted octanol–water partition coefficient (Wildman–Crippen LogP) is 2.62. The van der Waals surface area contributed by atoms with E-state index >= 15 is 0 Å². The summed E-state index contributed by atoms with van der Waals surface area (Å²) in [5.41, 5.74) is 1.85. The standard InChI is InChI=1S/C13H14BrN3O/c1-9(14)7-15-13(18)10(2)17-8-16-11-5-3-4-6-12(11)17/h3-6,8,10H,1,7H2,2H3,(H,15,18). The van der Waals surface area contributed by atoms with E-state index in [0.717, 1.165) is 15.5 Å². The molecule has 0 aliphatic heterocycles. The Morgan fingerprint density at radius 1 is 1.56 bits per heavy atom. The van der Waals surface area contributed by atoms with E-state index in [1.165, 1.54) is 0 Å². The fourth-order valence-electron chi connectivity index (χ4n) is 1.74. The lowest BCUT2D eigenvalue weighted by molar-refractivity contribution is -0.123. The number of aromatic nitrogens is 2. The van der Waals surface area contributed by atoms with Crippen molar-refractivity contribution in [3.63, 3.8) is 0 Å². The fourth-order valence-corrected chi connectivity index (χ4v) is 1.88. The van der Waals surface area contributed by atoms with E-state index in [1.807, 2.05) is 35.8 Å². The minimum Gasteiger partial charge on any atom is -0.350 e. The Hall–Kier alpha value is -1.62. The molecule has 0 aliphatic rings. The van der Waals surface area contributed by atoms with Gasteiger partial charge in [0.2, 0.25) is 5.91 Å². The van der Waals surface area contributed by atoms with Crippen LogP contribution in [0.25, 0.3) is 11.0 Å². The van der Waals surface area contributed by atoms with Gasteiger partial charge in [0.05, 0.1) is 17.4 Å². The Morgan fingerprint density at radius 3 is 3.00 bits per heavy atom. The van der Waals surface area contributed by atoms with Crippen molar-refractivity contribution in [3.05, 3.63) is 41.7 Å². The molecule has 2 rings (SSSR count). The van der Waals surface area contributed by atoms with Gasteiger partial charge in [-0.1, -0.05) is 34.6 Å². The highest BCUT2D eigenvalue weighted by atomic mass is 79.9. The lowest BCUT2D eigenvalue weighted by Crippen LogP contribution is -2.31. The van der Waals surface area contributed by atoms with Crippen LogP contribution in [0.2, 0.25) is 0 Å². The number of hydrogen-bond donors (Lipinski definition) is 1. The molecule has 0 spiro atoms. The summed E-state index contributed by atoms with van der Waals surface area (Å²) in [7, 11) is 0. The number of carbonyl (C=O) groups is 1. The first kappa shape index (κ1) is 12.8. The second-order valence-corrected chi connectivity index (χ2v) is 5.17. The van der Waals surface area contributed by atoms with E-state index in [0.29, 0.717) is 6.54 Å². The molecule has 1 N–H and O–H groups in total. The zero-order chi connectivity index (χ0) is 13.1. The lowest BCUT2D eigenvalue weighted by atomic mass is 10.2. The van der Waals surface area contributed by atoms with Crippen LogP contribution < -0.4 is 5.32 Å². The average Bonchev–Trinajstić information content (AvgIpc) is 2.78. The molecule has 2 aromatic rings. The van der Waals surface area contributed by atoms with Crippen molar-refractivity contribution in [3.8, 4) is 0 Å². The van der Waals surface area contributed by atoms with Crippen molar-refractivity contribution in [2.45, 2.75) is 13.0 Å². The number of hydrogen-bond acceptors (Lipinski definition) is 2. The van der Waals surface area contributed by atoms with Gasteiger partial charge in [-0.3, -0.25) is 4.79 Å². The van der Waals surface area contributed by atoms with Crippen molar-refractivity contribution in [1.82, 2.24) is 14.9 Å². The van der Waals surface area contributed by atoms with Crippen molar-refractivity contribution in [2.24, 2.45) is 0 Å². The first-order valence-corrected chi connectivity index (χ1v) is 6.41. The van der Waals surface area contributed by atoms with E-state index in [4.69, 9.17) is 0 Å². The first-order chi connectivity index (χ1) is 8.59. The molecule has 1 amide bonds. The highest BCUT2D eigenvalue weighted by Crippen LogP contribution is 2.17. The van der Waals surface area contributed by atoms with Crippen LogP contribution in [0.4, 0.5) is 0 Å². The van der Waals surface area contributed by atoms with Crippen molar-refractivity contribution >= 4 is 32.9 Å². The van der Waals surface area contributed by atoms with Crippen LogP contribution in [0.1, 0.15) is 13.0 Å². The number of nitrogens with one attached hydrogen (secondary N) is 1. The van der Waals surface area contributed by atoms with Crippen LogP contribution in [-0.4, -0.2) is 22.0 Å². The zero-order valence-electron chi connectivity index (χ0n) is 10.1. The first-order valence-electron chi connectivity index (χ1n) is 5.62. The van der Waals surface area contributed by atoms with Gasteiger partial charge in [0, 0.05) is 11.0 Å². The summed E-state index contributed by atoms with van der Waals surface area (Å²) in [5.74, 6) is -0.0567. The third kappa shape index (κ3) is 2.61. The van der Waals surface area contributed by atoms with Gasteiger partial charge in [-0.2, -0.15) is 0 Å². The van der Waals surface area contributed by atoms with Crippen molar-refractivity contribution < 1.29 is 4.79 Å². The monoisotopic (exact) mass is 307 g/mol. The number of nitrogens with zero attached hydrogens (tertiary/aromatic N) is 2. The Kier molecular flexibility index (Phi) is 3.81. The van der Waals surface area contributed by atoms with Crippen LogP contribution in [0, 0.1) is 0 Å². The Labute approximate surface area is 114 Å². The molecule has 0 aliphatic carbocycles. The van der Waals surface area contributed by atoms with Gasteiger partial charge in [0.25, 0.3) is 0 Å². The average molecular weight is 308 g/mol. The summed E-state index contributed by atoms with van der Waals surface area (Å²) in [5, 5.41) is 2.80. The molecule has 0 fully saturated rings. The van der Waals surface area contributed by atoms with Crippen LogP contribution >= 0.6 is 15.9 Å². The summed E-state index contributed by atoms with van der Waals surface area (Å²) < 4.78 is 2.61. The topological polar surface area (TPSA) is 46.9 Å². The van der Waals surface area contributed by atoms with Crippen LogP contribution in [-0.2, 0) is 4.79 Å². The van der Waals surface area contributed by atoms with Crippen LogP contribution in [0.3, 0.4) is 0 Å². The molecular formula is C13H14BrN3O. The molecule has 1 aromatic carbocycles. The van der Waals surface area contributed by atoms with Gasteiger partial charge < -0.3 is 9.88 Å². The number of benzene rings is 1. The summed E-state index contributed by atoms with van der Waals surface area (Å²) in [6.07, 6.45) is 1.69. The molecule has 1 aromatic heterocycles. The van der Waals surface area contributed by atoms with Gasteiger partial charge in [0.1, 0.15) is 6.04 Å². The summed E-state index contributed by atoms with van der Waals surface area (Å²) in [6, 6.07) is 7.45. The van der Waals surface area contributed by atoms with Gasteiger partial charge in [-0.15, -0.1) is 0 Å². The largest absolute Gasteiger partial charge is 0.350 e. The van der Waals surface area contributed by atoms with E-state index in [2.05, 4.69) is 32.8 Å². The minimum absolute atomic E-state index is 0.0567. The molecule has 0 saturated heterocycles. The summed E-state index contributed by atoms with van der Waals surface area (Å²) in [6.45, 7) is 5.96. The quantitative estimate of drug-likeness (QED) is 0.944. The maximum Gasteiger partial charge on any atom is 0.243 e. The molecule has 18 heavy (non-hydrogen) atoms. The van der Waals surface area contributed by atoms with Crippen LogP contribution in [0.5, 0.6) is 0 Å². The molecule has 0 radical (unpaired) electrons. The number of fused-ring (bicyclic) bond motifs is 1. The summed E-state index contributed by atoms with van der Waals surface area (Å²) >= 11 is 3.21. The molecule has 0 saturated carbocycles. The fraction of sp³-hybridized carbons (Fsp3) is 0.231. The predicted molar refractivity (Wildman–Crippen MR) is 75.5 cm³/mol. The molecule has 1 unspecified atom stereocenters. The van der Waals surface area contributed by atoms with Crippen molar-refractivity contribution in [2.75, 3.05) is 6.54 Å². The Morgan fingerprint density at radius 2 is 2.28 bits per heavy atom. The second kappa shape index (κ2) is 5.35. The normalized spacial score (nSPS) is 12.3. The van der Waals surface area contributed by atoms with Gasteiger partial charge in [-0.05, 0) is 19.1 Å². The number of para-hydroxylation sites is 2. The smallest absolute Gasteiger partial charge is 0.243 e. The summed E-state index contributed by atoms with van der Waals surface area (Å²) in [4.78, 5) is 16.2. The molecule has 5 heteroatoms. The third-order valence-electron chi connectivity index (χ3n) is 2.73. The number of rotatable bonds is 4. The van der Waals surface area contributed by atoms with Crippen molar-refractivity contribution in [1.29, 1.82) is 0 Å². The Bertz CT molecular complexity index is 591. The number of carbonyl (C=O) groups excluding carboxylic acids is 1. The van der Waals surface area contributed by atoms with Crippen LogP contribution in [0.15, 0.2) is 41.7 Å². The maximum atomic E-state index is 12.0. The van der Waals surface area contributed by atoms with Gasteiger partial charge in [-0.25, -0.2) is 4.98 Å². The van der Waals surface area contributed by atoms with Gasteiger partial charge >= 0.3 is 0 Å². The molecule has 1 atom stereocenters. The van der Waals surface area contributed by atoms with Gasteiger partial charge in [0.15, 0.2) is 0 Å². The third-order valence-corrected chi connectivity index (χ3v) is 3.01. The number of imidazole rings is 1. The molecule has 4 nitrogen and oxygen atoms in total. The van der Waals surface area contributed by atoms with E-state index in [9.17, 15) is 4.79 Å². The SMILES string of the molecule is C=C(Br)CNC(=O)C(C)n1cnc2ccccc21. The maximum absolute atomic E-state index is 12.0. The van der Waals surface area contributed by atoms with E-state index in [-0.39, 0.29) is 11.9 Å². The zero-order valence-corrected chi connectivity index (χ0v) is 11.6.